The smallest absolute Gasteiger partial charge is 0.227 e. The quantitative estimate of drug-likeness (QED) is 0.363. The van der Waals surface area contributed by atoms with E-state index in [0.717, 1.165) is 11.1 Å². The number of pyridine rings is 1. The van der Waals surface area contributed by atoms with Crippen LogP contribution in [0, 0.1) is 5.82 Å². The second-order valence-electron chi connectivity index (χ2n) is 7.25. The van der Waals surface area contributed by atoms with Gasteiger partial charge in [-0.1, -0.05) is 18.2 Å². The lowest BCUT2D eigenvalue weighted by Crippen LogP contribution is -2.13. The van der Waals surface area contributed by atoms with Crippen LogP contribution >= 0.6 is 0 Å². The zero-order valence-corrected chi connectivity index (χ0v) is 17.7. The molecular weight excluding hydrogens is 407 g/mol. The number of benzene rings is 1. The van der Waals surface area contributed by atoms with Crippen LogP contribution in [0.1, 0.15) is 37.1 Å². The molecule has 0 radical (unpaired) electrons. The van der Waals surface area contributed by atoms with E-state index in [0.29, 0.717) is 23.4 Å². The molecule has 1 unspecified atom stereocenters. The molecule has 3 N–H and O–H groups in total. The van der Waals surface area contributed by atoms with Gasteiger partial charge in [-0.2, -0.15) is 9.97 Å². The second-order valence-corrected chi connectivity index (χ2v) is 7.25. The fourth-order valence-corrected chi connectivity index (χ4v) is 3.11. The van der Waals surface area contributed by atoms with E-state index in [2.05, 4.69) is 40.9 Å². The van der Waals surface area contributed by atoms with E-state index >= 15 is 0 Å². The Morgan fingerprint density at radius 2 is 1.50 bits per heavy atom. The zero-order chi connectivity index (χ0) is 22.3. The maximum atomic E-state index is 13.3. The predicted octanol–water partition coefficient (Wildman–Crippen LogP) is 4.89. The molecule has 0 aliphatic rings. The van der Waals surface area contributed by atoms with Crippen LogP contribution < -0.4 is 16.0 Å². The van der Waals surface area contributed by atoms with Gasteiger partial charge in [0.1, 0.15) is 23.3 Å². The largest absolute Gasteiger partial charge is 0.363 e. The minimum absolute atomic E-state index is 0.0228. The molecule has 0 bridgehead atoms. The van der Waals surface area contributed by atoms with Gasteiger partial charge in [-0.05, 0) is 43.2 Å². The van der Waals surface area contributed by atoms with Crippen LogP contribution in [0.3, 0.4) is 0 Å². The van der Waals surface area contributed by atoms with Crippen LogP contribution in [-0.4, -0.2) is 24.9 Å². The fourth-order valence-electron chi connectivity index (χ4n) is 3.11. The number of nitrogens with one attached hydrogen (secondary N) is 3. The molecule has 3 heterocycles. The van der Waals surface area contributed by atoms with Crippen molar-refractivity contribution < 1.29 is 4.39 Å². The van der Waals surface area contributed by atoms with Gasteiger partial charge >= 0.3 is 0 Å². The number of nitrogens with zero attached hydrogens (tertiary/aromatic N) is 5. The lowest BCUT2D eigenvalue weighted by Gasteiger charge is -2.18. The van der Waals surface area contributed by atoms with Gasteiger partial charge in [0.05, 0.1) is 18.3 Å². The van der Waals surface area contributed by atoms with Gasteiger partial charge in [-0.25, -0.2) is 9.37 Å². The molecule has 162 valence electrons. The molecule has 3 aromatic heterocycles. The van der Waals surface area contributed by atoms with Crippen LogP contribution in [0.15, 0.2) is 73.4 Å². The van der Waals surface area contributed by atoms with Gasteiger partial charge in [0.15, 0.2) is 0 Å². The highest BCUT2D eigenvalue weighted by Crippen LogP contribution is 2.24. The number of hydrogen-bond donors (Lipinski definition) is 3. The number of halogens is 1. The van der Waals surface area contributed by atoms with E-state index < -0.39 is 0 Å². The summed E-state index contributed by atoms with van der Waals surface area (Å²) in [5, 5.41) is 9.82. The first-order valence-corrected chi connectivity index (χ1v) is 10.2. The van der Waals surface area contributed by atoms with Crippen LogP contribution in [0.2, 0.25) is 0 Å². The van der Waals surface area contributed by atoms with E-state index in [-0.39, 0.29) is 17.9 Å². The van der Waals surface area contributed by atoms with E-state index in [9.17, 15) is 4.39 Å². The summed E-state index contributed by atoms with van der Waals surface area (Å²) in [5.74, 6) is 1.88. The number of anilines is 4. The van der Waals surface area contributed by atoms with Gasteiger partial charge in [0.2, 0.25) is 5.95 Å². The summed E-state index contributed by atoms with van der Waals surface area (Å²) in [6.07, 6.45) is 8.37. The average Bonchev–Trinajstić information content (AvgIpc) is 2.80. The number of aromatic nitrogens is 5. The maximum Gasteiger partial charge on any atom is 0.227 e. The molecule has 0 fully saturated rings. The van der Waals surface area contributed by atoms with Crippen molar-refractivity contribution in [2.24, 2.45) is 0 Å². The van der Waals surface area contributed by atoms with Crippen molar-refractivity contribution in [3.63, 3.8) is 0 Å². The normalized spacial score (nSPS) is 12.6. The van der Waals surface area contributed by atoms with Crippen molar-refractivity contribution in [1.29, 1.82) is 0 Å². The van der Waals surface area contributed by atoms with Gasteiger partial charge in [-0.3, -0.25) is 9.97 Å². The summed E-state index contributed by atoms with van der Waals surface area (Å²) in [6, 6.07) is 11.9. The monoisotopic (exact) mass is 430 g/mol. The molecule has 4 aromatic rings. The standard InChI is InChI=1S/C23H23FN8/c1-15(17-5-7-19(24)8-6-17)29-23-31-20(28-16(2)18-4-3-9-25-13-18)12-21(32-23)30-22-14-26-10-11-27-22/h3-16H,1-2H3,(H3,27,28,29,30,31,32)/t15-,16?/m0/s1. The Morgan fingerprint density at radius 3 is 2.22 bits per heavy atom. The van der Waals surface area contributed by atoms with Crippen molar-refractivity contribution in [2.75, 3.05) is 16.0 Å². The molecule has 9 heteroatoms. The van der Waals surface area contributed by atoms with Gasteiger partial charge in [0.25, 0.3) is 0 Å². The summed E-state index contributed by atoms with van der Waals surface area (Å²) in [5.41, 5.74) is 1.95. The molecule has 1 aromatic carbocycles. The molecule has 0 aliphatic heterocycles. The van der Waals surface area contributed by atoms with E-state index in [1.807, 2.05) is 32.2 Å². The van der Waals surface area contributed by atoms with Crippen molar-refractivity contribution in [1.82, 2.24) is 24.9 Å². The van der Waals surface area contributed by atoms with E-state index in [1.54, 1.807) is 43.0 Å². The highest BCUT2D eigenvalue weighted by atomic mass is 19.1. The Morgan fingerprint density at radius 1 is 0.750 bits per heavy atom. The SMILES string of the molecule is CC(Nc1cc(Nc2cnccn2)nc(N[C@@H](C)c2ccc(F)cc2)n1)c1cccnc1. The topological polar surface area (TPSA) is 101 Å². The third-order valence-corrected chi connectivity index (χ3v) is 4.81. The highest BCUT2D eigenvalue weighted by molar-refractivity contribution is 5.58. The van der Waals surface area contributed by atoms with Crippen LogP contribution in [0.5, 0.6) is 0 Å². The van der Waals surface area contributed by atoms with Crippen molar-refractivity contribution in [3.05, 3.63) is 90.4 Å². The number of rotatable bonds is 8. The molecule has 8 nitrogen and oxygen atoms in total. The van der Waals surface area contributed by atoms with Crippen LogP contribution in [-0.2, 0) is 0 Å². The Balaban J connectivity index is 1.59. The average molecular weight is 430 g/mol. The van der Waals surface area contributed by atoms with E-state index in [1.165, 1.54) is 12.1 Å². The van der Waals surface area contributed by atoms with Crippen molar-refractivity contribution >= 4 is 23.4 Å². The minimum atomic E-state index is -0.275. The summed E-state index contributed by atoms with van der Waals surface area (Å²) in [6.45, 7) is 3.99. The van der Waals surface area contributed by atoms with Crippen molar-refractivity contribution in [3.8, 4) is 0 Å². The number of hydrogen-bond acceptors (Lipinski definition) is 8. The Labute approximate surface area is 185 Å². The second kappa shape index (κ2) is 9.78. The summed E-state index contributed by atoms with van der Waals surface area (Å²) in [4.78, 5) is 21.7. The maximum absolute atomic E-state index is 13.3. The molecule has 4 rings (SSSR count). The third-order valence-electron chi connectivity index (χ3n) is 4.81. The Hall–Kier alpha value is -4.14. The first kappa shape index (κ1) is 21.1. The van der Waals surface area contributed by atoms with Gasteiger partial charge < -0.3 is 16.0 Å². The summed E-state index contributed by atoms with van der Waals surface area (Å²) < 4.78 is 13.3. The fraction of sp³-hybridized carbons (Fsp3) is 0.174. The highest BCUT2D eigenvalue weighted by Gasteiger charge is 2.13. The molecule has 0 saturated carbocycles. The van der Waals surface area contributed by atoms with Crippen LogP contribution in [0.4, 0.5) is 27.8 Å². The summed E-state index contributed by atoms with van der Waals surface area (Å²) in [7, 11) is 0. The molecule has 0 amide bonds. The third kappa shape index (κ3) is 5.51. The molecular formula is C23H23FN8. The van der Waals surface area contributed by atoms with E-state index in [4.69, 9.17) is 0 Å². The minimum Gasteiger partial charge on any atom is -0.363 e. The molecule has 0 saturated heterocycles. The predicted molar refractivity (Wildman–Crippen MR) is 122 cm³/mol. The molecule has 0 spiro atoms. The van der Waals surface area contributed by atoms with Crippen LogP contribution in [0.25, 0.3) is 0 Å². The van der Waals surface area contributed by atoms with Gasteiger partial charge in [0, 0.05) is 30.9 Å². The zero-order valence-electron chi connectivity index (χ0n) is 17.7. The lowest BCUT2D eigenvalue weighted by atomic mass is 10.1. The van der Waals surface area contributed by atoms with Gasteiger partial charge in [-0.15, -0.1) is 0 Å². The first-order valence-electron chi connectivity index (χ1n) is 10.2. The molecule has 0 aliphatic carbocycles. The van der Waals surface area contributed by atoms with Crippen molar-refractivity contribution in [2.45, 2.75) is 25.9 Å². The first-order chi connectivity index (χ1) is 15.6. The molecule has 2 atom stereocenters. The lowest BCUT2D eigenvalue weighted by molar-refractivity contribution is 0.626. The summed E-state index contributed by atoms with van der Waals surface area (Å²) >= 11 is 0. The molecule has 32 heavy (non-hydrogen) atoms. The Bertz CT molecular complexity index is 1140. The Kier molecular flexibility index (Phi) is 6.45.